The number of benzene rings is 4. The number of nitrogens with zero attached hydrogens (tertiary/aromatic N) is 2. The van der Waals surface area contributed by atoms with E-state index in [2.05, 4.69) is 192 Å². The summed E-state index contributed by atoms with van der Waals surface area (Å²) in [5, 5.41) is 4.08. The Bertz CT molecular complexity index is 2780. The zero-order valence-corrected chi connectivity index (χ0v) is 37.3. The first kappa shape index (κ1) is 38.0. The maximum atomic E-state index is 4.53. The van der Waals surface area contributed by atoms with Crippen LogP contribution in [0.1, 0.15) is 143 Å². The summed E-state index contributed by atoms with van der Waals surface area (Å²) in [6, 6.07) is 22.7. The van der Waals surface area contributed by atoms with E-state index in [0.29, 0.717) is 0 Å². The molecule has 0 bridgehead atoms. The van der Waals surface area contributed by atoms with Gasteiger partial charge in [-0.1, -0.05) is 152 Å². The molecule has 3 heteroatoms. The predicted molar refractivity (Wildman–Crippen MR) is 251 cm³/mol. The highest BCUT2D eigenvalue weighted by Gasteiger charge is 2.44. The van der Waals surface area contributed by atoms with Gasteiger partial charge in [0, 0.05) is 55.2 Å². The molecule has 3 aliphatic rings. The first-order valence-corrected chi connectivity index (χ1v) is 21.5. The van der Waals surface area contributed by atoms with E-state index in [1.165, 1.54) is 99.6 Å². The van der Waals surface area contributed by atoms with Crippen molar-refractivity contribution >= 4 is 61.9 Å². The van der Waals surface area contributed by atoms with Crippen LogP contribution in [0.4, 0.5) is 0 Å². The van der Waals surface area contributed by atoms with Crippen LogP contribution < -0.4 is 16.4 Å². The molecule has 0 fully saturated rings. The molecular formula is C54H63BN2. The molecule has 0 unspecified atom stereocenters. The lowest BCUT2D eigenvalue weighted by Crippen LogP contribution is -2.60. The molecule has 0 saturated carbocycles. The van der Waals surface area contributed by atoms with Crippen molar-refractivity contribution < 1.29 is 0 Å². The van der Waals surface area contributed by atoms with E-state index in [9.17, 15) is 0 Å². The molecule has 4 heterocycles. The third kappa shape index (κ3) is 5.65. The summed E-state index contributed by atoms with van der Waals surface area (Å²) in [4.78, 5) is 0. The first-order chi connectivity index (χ1) is 26.5. The number of fused-ring (bicyclic) bond motifs is 7. The van der Waals surface area contributed by atoms with E-state index in [1.807, 2.05) is 0 Å². The molecule has 2 aromatic heterocycles. The van der Waals surface area contributed by atoms with Gasteiger partial charge in [0.1, 0.15) is 0 Å². The third-order valence-corrected chi connectivity index (χ3v) is 13.9. The molecule has 0 N–H and O–H groups in total. The van der Waals surface area contributed by atoms with Crippen molar-refractivity contribution in [1.82, 2.24) is 9.13 Å². The van der Waals surface area contributed by atoms with E-state index < -0.39 is 0 Å². The molecule has 6 aromatic rings. The maximum absolute atomic E-state index is 4.53. The van der Waals surface area contributed by atoms with Crippen LogP contribution in [0.25, 0.3) is 50.2 Å². The summed E-state index contributed by atoms with van der Waals surface area (Å²) in [6.07, 6.45) is 12.2. The Morgan fingerprint density at radius 1 is 0.632 bits per heavy atom. The number of aromatic nitrogens is 2. The summed E-state index contributed by atoms with van der Waals surface area (Å²) in [7, 11) is 0. The van der Waals surface area contributed by atoms with Crippen LogP contribution in [0.5, 0.6) is 0 Å². The van der Waals surface area contributed by atoms with Crippen molar-refractivity contribution in [3.8, 4) is 11.4 Å². The van der Waals surface area contributed by atoms with Gasteiger partial charge in [-0.3, -0.25) is 0 Å². The van der Waals surface area contributed by atoms with Crippen molar-refractivity contribution in [2.24, 2.45) is 5.41 Å². The van der Waals surface area contributed by atoms with Gasteiger partial charge in [-0.15, -0.1) is 0 Å². The van der Waals surface area contributed by atoms with Crippen LogP contribution >= 0.6 is 0 Å². The molecule has 2 aliphatic heterocycles. The normalized spacial score (nSPS) is 15.3. The molecule has 9 rings (SSSR count). The van der Waals surface area contributed by atoms with Crippen molar-refractivity contribution in [3.05, 3.63) is 118 Å². The lowest BCUT2D eigenvalue weighted by atomic mass is 9.33. The quantitative estimate of drug-likeness (QED) is 0.155. The van der Waals surface area contributed by atoms with E-state index >= 15 is 0 Å². The van der Waals surface area contributed by atoms with Gasteiger partial charge in [0.2, 0.25) is 0 Å². The van der Waals surface area contributed by atoms with Crippen molar-refractivity contribution in [2.45, 2.75) is 138 Å². The standard InChI is InChI=1S/C54H63BN2/c1-16-37-39-26-34(52(8,9)10)28-41-48(39)57(44(37)23-24-50(2,3)4)46-31-36(54(14,15)32-19-17-18-20-32)30-45-47(46)55(41)42-29-35(53(11,12)13)27-40-38-25-33(51(5,6)7)21-22-43(38)56(45)49(40)42/h16-19,21-22,25-31H,1,20,23-24H2,2-15H3. The van der Waals surface area contributed by atoms with Crippen molar-refractivity contribution in [1.29, 1.82) is 0 Å². The van der Waals surface area contributed by atoms with E-state index in [4.69, 9.17) is 0 Å². The summed E-state index contributed by atoms with van der Waals surface area (Å²) in [5.74, 6) is 0. The minimum Gasteiger partial charge on any atom is -0.314 e. The topological polar surface area (TPSA) is 9.86 Å². The van der Waals surface area contributed by atoms with Gasteiger partial charge in [-0.2, -0.15) is 0 Å². The highest BCUT2D eigenvalue weighted by Crippen LogP contribution is 2.45. The average Bonchev–Trinajstić information content (AvgIpc) is 3.85. The molecule has 4 aromatic carbocycles. The monoisotopic (exact) mass is 751 g/mol. The van der Waals surface area contributed by atoms with E-state index in [-0.39, 0.29) is 33.8 Å². The molecular weight excluding hydrogens is 687 g/mol. The predicted octanol–water partition coefficient (Wildman–Crippen LogP) is 12.5. The fourth-order valence-electron chi connectivity index (χ4n) is 10.2. The Kier molecular flexibility index (Phi) is 8.03. The summed E-state index contributed by atoms with van der Waals surface area (Å²) < 4.78 is 5.40. The highest BCUT2D eigenvalue weighted by atomic mass is 15.0. The Morgan fingerprint density at radius 3 is 1.74 bits per heavy atom. The van der Waals surface area contributed by atoms with Gasteiger partial charge in [-0.25, -0.2) is 0 Å². The second-order valence-corrected chi connectivity index (χ2v) is 22.5. The summed E-state index contributed by atoms with van der Waals surface area (Å²) >= 11 is 0. The van der Waals surface area contributed by atoms with Crippen LogP contribution in [0.15, 0.2) is 85.0 Å². The van der Waals surface area contributed by atoms with Crippen LogP contribution in [-0.2, 0) is 28.1 Å². The Hall–Kier alpha value is -4.50. The van der Waals surface area contributed by atoms with E-state index in [1.54, 1.807) is 0 Å². The summed E-state index contributed by atoms with van der Waals surface area (Å²) in [6.45, 7) is 37.9. The van der Waals surface area contributed by atoms with Gasteiger partial charge >= 0.3 is 0 Å². The zero-order valence-electron chi connectivity index (χ0n) is 37.3. The lowest BCUT2D eigenvalue weighted by molar-refractivity contribution is 0.375. The van der Waals surface area contributed by atoms with Crippen LogP contribution in [0.3, 0.4) is 0 Å². The molecule has 0 amide bonds. The second kappa shape index (κ2) is 12.0. The van der Waals surface area contributed by atoms with Crippen molar-refractivity contribution in [3.63, 3.8) is 0 Å². The SMILES string of the molecule is C=Cc1c(CCC(C)(C)C)n2c3c(cc(C(C)(C)C)cc13)B1c3c-2cc(C(C)(C)C2=CC=CC2)cc3-n2c3ccc(C(C)(C)C)cc3c3cc(C(C)(C)C)cc1c32. The largest absolute Gasteiger partial charge is 0.314 e. The molecule has 0 spiro atoms. The number of allylic oxidation sites excluding steroid dienone is 4. The first-order valence-electron chi connectivity index (χ1n) is 21.5. The fraction of sp³-hybridized carbons (Fsp3) is 0.407. The number of rotatable bonds is 5. The van der Waals surface area contributed by atoms with Gasteiger partial charge in [-0.05, 0) is 116 Å². The van der Waals surface area contributed by atoms with E-state index in [0.717, 1.165) is 19.3 Å². The zero-order chi connectivity index (χ0) is 40.9. The van der Waals surface area contributed by atoms with Crippen molar-refractivity contribution in [2.75, 3.05) is 0 Å². The van der Waals surface area contributed by atoms with Crippen LogP contribution in [0, 0.1) is 5.41 Å². The second-order valence-electron chi connectivity index (χ2n) is 22.5. The number of hydrogen-bond acceptors (Lipinski definition) is 0. The molecule has 0 radical (unpaired) electrons. The molecule has 57 heavy (non-hydrogen) atoms. The minimum absolute atomic E-state index is 0.0195. The Labute approximate surface area is 342 Å². The lowest BCUT2D eigenvalue weighted by Gasteiger charge is -2.38. The maximum Gasteiger partial charge on any atom is 0.252 e. The third-order valence-electron chi connectivity index (χ3n) is 13.9. The Balaban J connectivity index is 1.52. The van der Waals surface area contributed by atoms with Gasteiger partial charge < -0.3 is 9.13 Å². The minimum atomic E-state index is -0.155. The summed E-state index contributed by atoms with van der Waals surface area (Å²) in [5.41, 5.74) is 20.8. The van der Waals surface area contributed by atoms with Gasteiger partial charge in [0.15, 0.2) is 0 Å². The molecule has 292 valence electrons. The van der Waals surface area contributed by atoms with Crippen LogP contribution in [-0.4, -0.2) is 15.8 Å². The molecule has 0 saturated heterocycles. The molecule has 1 aliphatic carbocycles. The smallest absolute Gasteiger partial charge is 0.252 e. The average molecular weight is 751 g/mol. The Morgan fingerprint density at radius 2 is 1.19 bits per heavy atom. The molecule has 2 nitrogen and oxygen atoms in total. The van der Waals surface area contributed by atoms with Crippen LogP contribution in [0.2, 0.25) is 0 Å². The van der Waals surface area contributed by atoms with Gasteiger partial charge in [0.05, 0.1) is 5.52 Å². The molecule has 0 atom stereocenters. The number of hydrogen-bond donors (Lipinski definition) is 0. The highest BCUT2D eigenvalue weighted by molar-refractivity contribution is 7.00. The fourth-order valence-corrected chi connectivity index (χ4v) is 10.2. The van der Waals surface area contributed by atoms with Gasteiger partial charge in [0.25, 0.3) is 6.71 Å².